The molecule has 1 aromatic rings. The van der Waals surface area contributed by atoms with Gasteiger partial charge in [0.15, 0.2) is 0 Å². The van der Waals surface area contributed by atoms with E-state index in [1.807, 2.05) is 24.3 Å². The summed E-state index contributed by atoms with van der Waals surface area (Å²) in [6.07, 6.45) is 1.13. The smallest absolute Gasteiger partial charge is 0.0341 e. The molecule has 84 valence electrons. The summed E-state index contributed by atoms with van der Waals surface area (Å²) < 4.78 is 0. The Morgan fingerprint density at radius 2 is 1.80 bits per heavy atom. The summed E-state index contributed by atoms with van der Waals surface area (Å²) in [5.41, 5.74) is 7.54. The molecule has 0 saturated carbocycles. The molecule has 0 heterocycles. The van der Waals surface area contributed by atoms with Gasteiger partial charge in [-0.25, -0.2) is 0 Å². The zero-order chi connectivity index (χ0) is 11.1. The van der Waals surface area contributed by atoms with E-state index in [1.54, 1.807) is 0 Å². The lowest BCUT2D eigenvalue weighted by molar-refractivity contribution is 0.578. The van der Waals surface area contributed by atoms with Gasteiger partial charge in [0.1, 0.15) is 0 Å². The van der Waals surface area contributed by atoms with E-state index < -0.39 is 0 Å². The van der Waals surface area contributed by atoms with E-state index in [1.165, 1.54) is 0 Å². The van der Waals surface area contributed by atoms with Gasteiger partial charge < -0.3 is 16.4 Å². The third-order valence-electron chi connectivity index (χ3n) is 2.15. The average Bonchev–Trinajstić information content (AvgIpc) is 2.20. The van der Waals surface area contributed by atoms with Gasteiger partial charge in [0.25, 0.3) is 0 Å². The lowest BCUT2D eigenvalue weighted by Crippen LogP contribution is -2.25. The lowest BCUT2D eigenvalue weighted by Gasteiger charge is -2.09. The molecule has 1 aromatic carbocycles. The molecule has 0 spiro atoms. The quantitative estimate of drug-likeness (QED) is 0.494. The third kappa shape index (κ3) is 5.27. The standard InChI is InChI=1S/C12H21N3/c1-10(2)14-8-3-9-15-12-6-4-11(13)5-7-12/h4-7,10,14-15H,3,8-9,13H2,1-2H3. The van der Waals surface area contributed by atoms with Crippen molar-refractivity contribution in [3.05, 3.63) is 24.3 Å². The van der Waals surface area contributed by atoms with Gasteiger partial charge in [-0.05, 0) is 37.2 Å². The second kappa shape index (κ2) is 6.30. The Morgan fingerprint density at radius 1 is 1.13 bits per heavy atom. The van der Waals surface area contributed by atoms with Crippen LogP contribution in [0.15, 0.2) is 24.3 Å². The number of hydrogen-bond donors (Lipinski definition) is 3. The highest BCUT2D eigenvalue weighted by Gasteiger charge is 1.93. The highest BCUT2D eigenvalue weighted by Crippen LogP contribution is 2.09. The van der Waals surface area contributed by atoms with Gasteiger partial charge in [-0.15, -0.1) is 0 Å². The number of nitrogen functional groups attached to an aromatic ring is 1. The van der Waals surface area contributed by atoms with E-state index in [0.717, 1.165) is 30.9 Å². The highest BCUT2D eigenvalue weighted by atomic mass is 14.9. The molecule has 0 atom stereocenters. The van der Waals surface area contributed by atoms with Gasteiger partial charge in [0.05, 0.1) is 0 Å². The fourth-order valence-corrected chi connectivity index (χ4v) is 1.31. The molecule has 0 aliphatic heterocycles. The number of anilines is 2. The fourth-order valence-electron chi connectivity index (χ4n) is 1.31. The van der Waals surface area contributed by atoms with Crippen molar-refractivity contribution in [3.8, 4) is 0 Å². The van der Waals surface area contributed by atoms with Crippen molar-refractivity contribution in [1.29, 1.82) is 0 Å². The molecule has 4 N–H and O–H groups in total. The lowest BCUT2D eigenvalue weighted by atomic mass is 10.3. The van der Waals surface area contributed by atoms with Crippen molar-refractivity contribution in [3.63, 3.8) is 0 Å². The van der Waals surface area contributed by atoms with Gasteiger partial charge >= 0.3 is 0 Å². The first-order valence-corrected chi connectivity index (χ1v) is 5.51. The summed E-state index contributed by atoms with van der Waals surface area (Å²) in [5, 5.41) is 6.73. The van der Waals surface area contributed by atoms with Crippen LogP contribution in [-0.2, 0) is 0 Å². The summed E-state index contributed by atoms with van der Waals surface area (Å²) in [6.45, 7) is 6.37. The van der Waals surface area contributed by atoms with E-state index in [4.69, 9.17) is 5.73 Å². The molecule has 0 unspecified atom stereocenters. The minimum atomic E-state index is 0.571. The molecule has 0 aliphatic rings. The Bertz CT molecular complexity index is 267. The summed E-state index contributed by atoms with van der Waals surface area (Å²) in [5.74, 6) is 0. The van der Waals surface area contributed by atoms with Gasteiger partial charge in [-0.3, -0.25) is 0 Å². The van der Waals surface area contributed by atoms with Crippen LogP contribution in [0.4, 0.5) is 11.4 Å². The molecule has 15 heavy (non-hydrogen) atoms. The Morgan fingerprint density at radius 3 is 2.40 bits per heavy atom. The Balaban J connectivity index is 2.12. The van der Waals surface area contributed by atoms with Crippen molar-refractivity contribution in [1.82, 2.24) is 5.32 Å². The molecule has 3 heteroatoms. The van der Waals surface area contributed by atoms with Gasteiger partial charge in [-0.1, -0.05) is 13.8 Å². The first-order chi connectivity index (χ1) is 7.18. The zero-order valence-corrected chi connectivity index (χ0v) is 9.59. The van der Waals surface area contributed by atoms with Crippen LogP contribution in [0.2, 0.25) is 0 Å². The summed E-state index contributed by atoms with van der Waals surface area (Å²) in [6, 6.07) is 8.40. The molecule has 0 amide bonds. The summed E-state index contributed by atoms with van der Waals surface area (Å²) in [7, 11) is 0. The van der Waals surface area contributed by atoms with Crippen molar-refractivity contribution in [2.45, 2.75) is 26.3 Å². The van der Waals surface area contributed by atoms with Crippen LogP contribution in [0.1, 0.15) is 20.3 Å². The van der Waals surface area contributed by atoms with Crippen molar-refractivity contribution < 1.29 is 0 Å². The number of nitrogens with two attached hydrogens (primary N) is 1. The Hall–Kier alpha value is -1.22. The summed E-state index contributed by atoms with van der Waals surface area (Å²) in [4.78, 5) is 0. The molecular weight excluding hydrogens is 186 g/mol. The van der Waals surface area contributed by atoms with E-state index >= 15 is 0 Å². The van der Waals surface area contributed by atoms with Crippen molar-refractivity contribution >= 4 is 11.4 Å². The summed E-state index contributed by atoms with van der Waals surface area (Å²) >= 11 is 0. The second-order valence-electron chi connectivity index (χ2n) is 4.01. The minimum absolute atomic E-state index is 0.571. The molecule has 0 aromatic heterocycles. The first-order valence-electron chi connectivity index (χ1n) is 5.51. The Labute approximate surface area is 92.1 Å². The number of nitrogens with one attached hydrogen (secondary N) is 2. The second-order valence-corrected chi connectivity index (χ2v) is 4.01. The van der Waals surface area contributed by atoms with Crippen LogP contribution in [0, 0.1) is 0 Å². The molecule has 0 bridgehead atoms. The van der Waals surface area contributed by atoms with Crippen LogP contribution in [0.25, 0.3) is 0 Å². The molecular formula is C12H21N3. The molecule has 0 fully saturated rings. The monoisotopic (exact) mass is 207 g/mol. The van der Waals surface area contributed by atoms with Crippen LogP contribution < -0.4 is 16.4 Å². The SMILES string of the molecule is CC(C)NCCCNc1ccc(N)cc1. The van der Waals surface area contributed by atoms with Gasteiger partial charge in [-0.2, -0.15) is 0 Å². The minimum Gasteiger partial charge on any atom is -0.399 e. The van der Waals surface area contributed by atoms with Crippen LogP contribution in [0.5, 0.6) is 0 Å². The highest BCUT2D eigenvalue weighted by molar-refractivity contribution is 5.51. The van der Waals surface area contributed by atoms with E-state index in [0.29, 0.717) is 6.04 Å². The van der Waals surface area contributed by atoms with Crippen LogP contribution in [-0.4, -0.2) is 19.1 Å². The van der Waals surface area contributed by atoms with E-state index in [2.05, 4.69) is 24.5 Å². The van der Waals surface area contributed by atoms with Crippen LogP contribution >= 0.6 is 0 Å². The van der Waals surface area contributed by atoms with E-state index in [-0.39, 0.29) is 0 Å². The normalized spacial score (nSPS) is 10.6. The predicted molar refractivity (Wildman–Crippen MR) is 67.1 cm³/mol. The Kier molecular flexibility index (Phi) is 4.98. The largest absolute Gasteiger partial charge is 0.399 e. The molecule has 3 nitrogen and oxygen atoms in total. The molecule has 0 radical (unpaired) electrons. The van der Waals surface area contributed by atoms with Gasteiger partial charge in [0, 0.05) is 24.0 Å². The maximum absolute atomic E-state index is 5.60. The van der Waals surface area contributed by atoms with E-state index in [9.17, 15) is 0 Å². The van der Waals surface area contributed by atoms with Crippen LogP contribution in [0.3, 0.4) is 0 Å². The molecule has 1 rings (SSSR count). The van der Waals surface area contributed by atoms with Crippen molar-refractivity contribution in [2.24, 2.45) is 0 Å². The maximum atomic E-state index is 5.60. The number of benzene rings is 1. The third-order valence-corrected chi connectivity index (χ3v) is 2.15. The molecule has 0 saturated heterocycles. The number of hydrogen-bond acceptors (Lipinski definition) is 3. The first kappa shape index (κ1) is 11.9. The average molecular weight is 207 g/mol. The fraction of sp³-hybridized carbons (Fsp3) is 0.500. The topological polar surface area (TPSA) is 50.1 Å². The maximum Gasteiger partial charge on any atom is 0.0341 e. The van der Waals surface area contributed by atoms with Crippen molar-refractivity contribution in [2.75, 3.05) is 24.1 Å². The number of rotatable bonds is 6. The predicted octanol–water partition coefficient (Wildman–Crippen LogP) is 2.07. The zero-order valence-electron chi connectivity index (χ0n) is 9.59. The molecule has 0 aliphatic carbocycles. The van der Waals surface area contributed by atoms with Gasteiger partial charge in [0.2, 0.25) is 0 Å².